The van der Waals surface area contributed by atoms with Gasteiger partial charge in [0, 0.05) is 39.4 Å². The first-order valence-electron chi connectivity index (χ1n) is 7.79. The monoisotopic (exact) mass is 272 g/mol. The fraction of sp³-hybridized carbons (Fsp3) is 1.00. The Labute approximate surface area is 118 Å². The zero-order valence-electron chi connectivity index (χ0n) is 13.0. The number of hydrogen-bond acceptors (Lipinski definition) is 4. The number of hydrogen-bond donors (Lipinski definition) is 1. The Morgan fingerprint density at radius 3 is 2.21 bits per heavy atom. The number of piperidine rings is 1. The molecule has 4 nitrogen and oxygen atoms in total. The Morgan fingerprint density at radius 1 is 1.11 bits per heavy atom. The maximum Gasteiger partial charge on any atom is 0.0593 e. The van der Waals surface area contributed by atoms with Gasteiger partial charge in [0.15, 0.2) is 0 Å². The third-order valence-corrected chi connectivity index (χ3v) is 3.80. The lowest BCUT2D eigenvalue weighted by molar-refractivity contribution is 0.0556. The molecule has 0 bridgehead atoms. The Bertz CT molecular complexity index is 208. The molecule has 1 fully saturated rings. The van der Waals surface area contributed by atoms with Crippen LogP contribution in [0, 0.1) is 5.41 Å². The lowest BCUT2D eigenvalue weighted by Gasteiger charge is -2.38. The van der Waals surface area contributed by atoms with Crippen LogP contribution < -0.4 is 5.32 Å². The Hall–Kier alpha value is -0.160. The highest BCUT2D eigenvalue weighted by Crippen LogP contribution is 2.26. The van der Waals surface area contributed by atoms with Gasteiger partial charge >= 0.3 is 0 Å². The van der Waals surface area contributed by atoms with Gasteiger partial charge in [0.25, 0.3) is 0 Å². The van der Waals surface area contributed by atoms with Crippen molar-refractivity contribution in [3.8, 4) is 0 Å². The average Bonchev–Trinajstić information content (AvgIpc) is 2.39. The molecule has 1 saturated heterocycles. The first-order chi connectivity index (χ1) is 9.20. The molecular weight excluding hydrogens is 240 g/mol. The molecular formula is C15H32N2O2. The largest absolute Gasteiger partial charge is 0.380 e. The predicted molar refractivity (Wildman–Crippen MR) is 79.6 cm³/mol. The molecule has 4 heteroatoms. The van der Waals surface area contributed by atoms with Crippen molar-refractivity contribution in [1.82, 2.24) is 10.2 Å². The third kappa shape index (κ3) is 7.25. The van der Waals surface area contributed by atoms with Crippen molar-refractivity contribution in [2.24, 2.45) is 5.41 Å². The van der Waals surface area contributed by atoms with E-state index in [4.69, 9.17) is 9.47 Å². The molecule has 1 aliphatic rings. The molecule has 0 saturated carbocycles. The van der Waals surface area contributed by atoms with Crippen molar-refractivity contribution >= 4 is 0 Å². The summed E-state index contributed by atoms with van der Waals surface area (Å²) in [5, 5.41) is 3.53. The minimum atomic E-state index is 0.399. The second-order valence-corrected chi connectivity index (χ2v) is 5.76. The van der Waals surface area contributed by atoms with Crippen molar-refractivity contribution in [3.05, 3.63) is 0 Å². The molecule has 0 aromatic rings. The first kappa shape index (κ1) is 16.9. The van der Waals surface area contributed by atoms with Gasteiger partial charge in [0.2, 0.25) is 0 Å². The van der Waals surface area contributed by atoms with Crippen LogP contribution in [0.25, 0.3) is 0 Å². The second kappa shape index (κ2) is 9.70. The highest BCUT2D eigenvalue weighted by atomic mass is 16.5. The molecule has 0 amide bonds. The summed E-state index contributed by atoms with van der Waals surface area (Å²) in [6.45, 7) is 15.2. The van der Waals surface area contributed by atoms with Crippen LogP contribution in [0.5, 0.6) is 0 Å². The first-order valence-corrected chi connectivity index (χ1v) is 7.79. The molecule has 19 heavy (non-hydrogen) atoms. The average molecular weight is 272 g/mol. The standard InChI is InChI=1S/C15H32N2O2/c1-4-18-11-9-17(10-12-19-5-2)14-15(3)7-6-8-16-13-15/h16H,4-14H2,1-3H3. The third-order valence-electron chi connectivity index (χ3n) is 3.80. The number of rotatable bonds is 10. The molecule has 114 valence electrons. The second-order valence-electron chi connectivity index (χ2n) is 5.76. The highest BCUT2D eigenvalue weighted by Gasteiger charge is 2.28. The van der Waals surface area contributed by atoms with Crippen molar-refractivity contribution in [1.29, 1.82) is 0 Å². The maximum absolute atomic E-state index is 5.49. The van der Waals surface area contributed by atoms with E-state index in [-0.39, 0.29) is 0 Å². The van der Waals surface area contributed by atoms with Crippen molar-refractivity contribution in [2.45, 2.75) is 33.6 Å². The summed E-state index contributed by atoms with van der Waals surface area (Å²) in [6.07, 6.45) is 2.61. The van der Waals surface area contributed by atoms with Gasteiger partial charge in [-0.1, -0.05) is 6.92 Å². The van der Waals surface area contributed by atoms with Crippen LogP contribution in [0.1, 0.15) is 33.6 Å². The van der Waals surface area contributed by atoms with Gasteiger partial charge in [0.1, 0.15) is 0 Å². The van der Waals surface area contributed by atoms with Gasteiger partial charge in [-0.15, -0.1) is 0 Å². The van der Waals surface area contributed by atoms with E-state index in [9.17, 15) is 0 Å². The van der Waals surface area contributed by atoms with E-state index in [0.717, 1.165) is 52.6 Å². The molecule has 1 rings (SSSR count). The zero-order chi connectivity index (χ0) is 14.0. The van der Waals surface area contributed by atoms with Crippen LogP contribution in [0.4, 0.5) is 0 Å². The fourth-order valence-electron chi connectivity index (χ4n) is 2.74. The molecule has 0 aromatic heterocycles. The number of ether oxygens (including phenoxy) is 2. The lowest BCUT2D eigenvalue weighted by Crippen LogP contribution is -2.47. The summed E-state index contributed by atoms with van der Waals surface area (Å²) in [5.41, 5.74) is 0.399. The van der Waals surface area contributed by atoms with Gasteiger partial charge in [-0.05, 0) is 38.6 Å². The summed E-state index contributed by atoms with van der Waals surface area (Å²) in [7, 11) is 0. The van der Waals surface area contributed by atoms with E-state index in [1.165, 1.54) is 19.4 Å². The minimum absolute atomic E-state index is 0.399. The fourth-order valence-corrected chi connectivity index (χ4v) is 2.74. The molecule has 0 spiro atoms. The molecule has 0 aromatic carbocycles. The van der Waals surface area contributed by atoms with E-state index in [1.54, 1.807) is 0 Å². The van der Waals surface area contributed by atoms with E-state index in [0.29, 0.717) is 5.41 Å². The van der Waals surface area contributed by atoms with Crippen molar-refractivity contribution < 1.29 is 9.47 Å². The molecule has 1 aliphatic heterocycles. The Kier molecular flexibility index (Phi) is 8.62. The summed E-state index contributed by atoms with van der Waals surface area (Å²) < 4.78 is 11.0. The van der Waals surface area contributed by atoms with Gasteiger partial charge in [-0.3, -0.25) is 4.90 Å². The van der Waals surface area contributed by atoms with Gasteiger partial charge in [-0.25, -0.2) is 0 Å². The topological polar surface area (TPSA) is 33.7 Å². The highest BCUT2D eigenvalue weighted by molar-refractivity contribution is 4.84. The molecule has 0 aliphatic carbocycles. The Balaban J connectivity index is 2.36. The minimum Gasteiger partial charge on any atom is -0.380 e. The summed E-state index contributed by atoms with van der Waals surface area (Å²) in [5.74, 6) is 0. The summed E-state index contributed by atoms with van der Waals surface area (Å²) in [6, 6.07) is 0. The van der Waals surface area contributed by atoms with Crippen LogP contribution in [0.15, 0.2) is 0 Å². The van der Waals surface area contributed by atoms with Gasteiger partial charge < -0.3 is 14.8 Å². The number of nitrogens with one attached hydrogen (secondary N) is 1. The van der Waals surface area contributed by atoms with Crippen LogP contribution in [-0.2, 0) is 9.47 Å². The van der Waals surface area contributed by atoms with Gasteiger partial charge in [-0.2, -0.15) is 0 Å². The smallest absolute Gasteiger partial charge is 0.0593 e. The summed E-state index contributed by atoms with van der Waals surface area (Å²) in [4.78, 5) is 2.50. The van der Waals surface area contributed by atoms with E-state index in [2.05, 4.69) is 31.0 Å². The molecule has 1 atom stereocenters. The van der Waals surface area contributed by atoms with Crippen LogP contribution in [0.3, 0.4) is 0 Å². The normalized spacial score (nSPS) is 24.0. The number of nitrogens with zero attached hydrogens (tertiary/aromatic N) is 1. The van der Waals surface area contributed by atoms with Crippen LogP contribution in [-0.4, -0.2) is 64.1 Å². The molecule has 1 N–H and O–H groups in total. The van der Waals surface area contributed by atoms with Crippen molar-refractivity contribution in [2.75, 3.05) is 59.2 Å². The maximum atomic E-state index is 5.49. The molecule has 1 unspecified atom stereocenters. The SMILES string of the molecule is CCOCCN(CCOCC)CC1(C)CCCNC1. The predicted octanol–water partition coefficient (Wildman–Crippen LogP) is 1.75. The zero-order valence-corrected chi connectivity index (χ0v) is 13.0. The molecule has 0 radical (unpaired) electrons. The van der Waals surface area contributed by atoms with E-state index >= 15 is 0 Å². The van der Waals surface area contributed by atoms with Gasteiger partial charge in [0.05, 0.1) is 13.2 Å². The molecule has 1 heterocycles. The Morgan fingerprint density at radius 2 is 1.74 bits per heavy atom. The lowest BCUT2D eigenvalue weighted by atomic mass is 9.82. The van der Waals surface area contributed by atoms with Crippen LogP contribution >= 0.6 is 0 Å². The van der Waals surface area contributed by atoms with Crippen molar-refractivity contribution in [3.63, 3.8) is 0 Å². The van der Waals surface area contributed by atoms with Crippen LogP contribution in [0.2, 0.25) is 0 Å². The quantitative estimate of drug-likeness (QED) is 0.614. The van der Waals surface area contributed by atoms with E-state index in [1.807, 2.05) is 0 Å². The summed E-state index contributed by atoms with van der Waals surface area (Å²) >= 11 is 0. The van der Waals surface area contributed by atoms with E-state index < -0.39 is 0 Å².